The molecule has 0 saturated heterocycles. The number of hydrogen-bond acceptors (Lipinski definition) is 4. The van der Waals surface area contributed by atoms with Crippen molar-refractivity contribution < 1.29 is 13.6 Å². The van der Waals surface area contributed by atoms with Gasteiger partial charge in [0.25, 0.3) is 5.91 Å². The predicted octanol–water partition coefficient (Wildman–Crippen LogP) is 2.36. The van der Waals surface area contributed by atoms with E-state index in [0.29, 0.717) is 5.76 Å². The van der Waals surface area contributed by atoms with Crippen LogP contribution >= 0.6 is 0 Å². The number of halogens is 1. The Balaban J connectivity index is 2.05. The number of furan rings is 1. The molecule has 1 aromatic heterocycles. The quantitative estimate of drug-likeness (QED) is 0.687. The van der Waals surface area contributed by atoms with E-state index < -0.39 is 11.7 Å². The zero-order valence-corrected chi connectivity index (χ0v) is 10.6. The monoisotopic (exact) mass is 271 g/mol. The molecule has 1 aromatic carbocycles. The van der Waals surface area contributed by atoms with Crippen molar-refractivity contribution in [3.05, 3.63) is 58.8 Å². The highest BCUT2D eigenvalue weighted by Crippen LogP contribution is 2.09. The lowest BCUT2D eigenvalue weighted by Crippen LogP contribution is -2.19. The zero-order valence-electron chi connectivity index (χ0n) is 10.6. The van der Waals surface area contributed by atoms with Gasteiger partial charge in [0.05, 0.1) is 23.4 Å². The second kappa shape index (κ2) is 5.80. The third-order valence-corrected chi connectivity index (χ3v) is 2.46. The summed E-state index contributed by atoms with van der Waals surface area (Å²) < 4.78 is 18.8. The molecule has 0 radical (unpaired) electrons. The molecule has 1 N–H and O–H groups in total. The molecule has 1 amide bonds. The minimum absolute atomic E-state index is 0.147. The summed E-state index contributed by atoms with van der Waals surface area (Å²) >= 11 is 0. The molecule has 0 bridgehead atoms. The maximum Gasteiger partial charge on any atom is 0.274 e. The van der Waals surface area contributed by atoms with Gasteiger partial charge >= 0.3 is 0 Å². The van der Waals surface area contributed by atoms with Crippen LogP contribution in [0.1, 0.15) is 27.4 Å². The summed E-state index contributed by atoms with van der Waals surface area (Å²) in [5.74, 6) is -0.281. The molecule has 0 fully saturated rings. The second-order valence-electron chi connectivity index (χ2n) is 3.95. The van der Waals surface area contributed by atoms with Gasteiger partial charge in [-0.2, -0.15) is 10.4 Å². The molecule has 0 unspecified atom stereocenters. The Labute approximate surface area is 114 Å². The van der Waals surface area contributed by atoms with E-state index in [1.54, 1.807) is 25.1 Å². The first kappa shape index (κ1) is 13.5. The van der Waals surface area contributed by atoms with E-state index >= 15 is 0 Å². The topological polar surface area (TPSA) is 78.4 Å². The molecule has 20 heavy (non-hydrogen) atoms. The molecular weight excluding hydrogens is 261 g/mol. The number of nitrogens with zero attached hydrogens (tertiary/aromatic N) is 2. The molecule has 100 valence electrons. The first-order valence-electron chi connectivity index (χ1n) is 5.69. The summed E-state index contributed by atoms with van der Waals surface area (Å²) in [4.78, 5) is 11.7. The summed E-state index contributed by atoms with van der Waals surface area (Å²) in [6, 6.07) is 8.81. The maximum absolute atomic E-state index is 13.6. The number of hydrazone groups is 1. The highest BCUT2D eigenvalue weighted by Gasteiger charge is 2.11. The van der Waals surface area contributed by atoms with Crippen LogP contribution in [0.4, 0.5) is 4.39 Å². The lowest BCUT2D eigenvalue weighted by molar-refractivity contribution is 0.0951. The minimum atomic E-state index is -0.773. The summed E-state index contributed by atoms with van der Waals surface area (Å²) in [7, 11) is 0. The van der Waals surface area contributed by atoms with E-state index in [2.05, 4.69) is 10.5 Å². The van der Waals surface area contributed by atoms with Crippen LogP contribution in [-0.2, 0) is 0 Å². The van der Waals surface area contributed by atoms with E-state index in [4.69, 9.17) is 9.68 Å². The molecule has 0 atom stereocenters. The van der Waals surface area contributed by atoms with Crippen molar-refractivity contribution >= 4 is 12.1 Å². The van der Waals surface area contributed by atoms with Gasteiger partial charge in [-0.05, 0) is 37.3 Å². The average Bonchev–Trinajstić information content (AvgIpc) is 2.84. The summed E-state index contributed by atoms with van der Waals surface area (Å²) in [5.41, 5.74) is 2.15. The number of rotatable bonds is 3. The second-order valence-corrected chi connectivity index (χ2v) is 3.95. The van der Waals surface area contributed by atoms with Crippen molar-refractivity contribution in [2.24, 2.45) is 5.10 Å². The van der Waals surface area contributed by atoms with Crippen molar-refractivity contribution in [2.75, 3.05) is 0 Å². The number of carbonyl (C=O) groups excluding carboxylic acids is 1. The van der Waals surface area contributed by atoms with Crippen LogP contribution in [0.3, 0.4) is 0 Å². The van der Waals surface area contributed by atoms with Crippen LogP contribution in [0.15, 0.2) is 39.9 Å². The van der Waals surface area contributed by atoms with Crippen molar-refractivity contribution in [1.82, 2.24) is 5.43 Å². The van der Waals surface area contributed by atoms with Gasteiger partial charge in [0.1, 0.15) is 17.3 Å². The largest absolute Gasteiger partial charge is 0.460 e. The van der Waals surface area contributed by atoms with Crippen LogP contribution in [0.5, 0.6) is 0 Å². The molecule has 5 nitrogen and oxygen atoms in total. The third-order valence-electron chi connectivity index (χ3n) is 2.46. The van der Waals surface area contributed by atoms with Gasteiger partial charge in [-0.25, -0.2) is 9.82 Å². The fourth-order valence-electron chi connectivity index (χ4n) is 1.51. The smallest absolute Gasteiger partial charge is 0.274 e. The van der Waals surface area contributed by atoms with Crippen LogP contribution < -0.4 is 5.43 Å². The Hall–Kier alpha value is -2.94. The number of nitriles is 1. The molecular formula is C14H10FN3O2. The highest BCUT2D eigenvalue weighted by atomic mass is 19.1. The van der Waals surface area contributed by atoms with Gasteiger partial charge in [0.15, 0.2) is 0 Å². The minimum Gasteiger partial charge on any atom is -0.460 e. The van der Waals surface area contributed by atoms with Gasteiger partial charge in [-0.1, -0.05) is 0 Å². The SMILES string of the molecule is Cc1ccc(/C=N\NC(=O)c2ccc(C#N)cc2F)o1. The van der Waals surface area contributed by atoms with Gasteiger partial charge in [0.2, 0.25) is 0 Å². The van der Waals surface area contributed by atoms with E-state index in [1.165, 1.54) is 18.3 Å². The molecule has 0 aliphatic carbocycles. The number of benzene rings is 1. The van der Waals surface area contributed by atoms with E-state index in [1.807, 2.05) is 0 Å². The molecule has 0 aliphatic rings. The molecule has 0 saturated carbocycles. The lowest BCUT2D eigenvalue weighted by atomic mass is 10.1. The fraction of sp³-hybridized carbons (Fsp3) is 0.0714. The van der Waals surface area contributed by atoms with Crippen molar-refractivity contribution in [3.63, 3.8) is 0 Å². The Morgan fingerprint density at radius 2 is 2.25 bits per heavy atom. The molecule has 2 rings (SSSR count). The van der Waals surface area contributed by atoms with Gasteiger partial charge < -0.3 is 4.42 Å². The molecule has 2 aromatic rings. The van der Waals surface area contributed by atoms with Crippen molar-refractivity contribution in [2.45, 2.75) is 6.92 Å². The van der Waals surface area contributed by atoms with Gasteiger partial charge in [-0.15, -0.1) is 0 Å². The lowest BCUT2D eigenvalue weighted by Gasteiger charge is -2.01. The number of hydrogen-bond donors (Lipinski definition) is 1. The number of carbonyl (C=O) groups is 1. The van der Waals surface area contributed by atoms with Crippen LogP contribution in [0, 0.1) is 24.1 Å². The standard InChI is InChI=1S/C14H10FN3O2/c1-9-2-4-11(20-9)8-17-18-14(19)12-5-3-10(7-16)6-13(12)15/h2-6,8H,1H3,(H,18,19)/b17-8-. The summed E-state index contributed by atoms with van der Waals surface area (Å²) in [6.07, 6.45) is 1.31. The molecule has 0 spiro atoms. The third kappa shape index (κ3) is 3.09. The number of nitrogens with one attached hydrogen (secondary N) is 1. The maximum atomic E-state index is 13.6. The van der Waals surface area contributed by atoms with Gasteiger partial charge in [0, 0.05) is 0 Å². The Morgan fingerprint density at radius 3 is 2.85 bits per heavy atom. The summed E-state index contributed by atoms with van der Waals surface area (Å²) in [5, 5.41) is 12.3. The van der Waals surface area contributed by atoms with Crippen LogP contribution in [0.25, 0.3) is 0 Å². The van der Waals surface area contributed by atoms with E-state index in [0.717, 1.165) is 11.8 Å². The number of aryl methyl sites for hydroxylation is 1. The van der Waals surface area contributed by atoms with Crippen molar-refractivity contribution in [3.8, 4) is 6.07 Å². The van der Waals surface area contributed by atoms with E-state index in [-0.39, 0.29) is 11.1 Å². The molecule has 1 heterocycles. The Morgan fingerprint density at radius 1 is 1.45 bits per heavy atom. The first-order chi connectivity index (χ1) is 9.60. The van der Waals surface area contributed by atoms with Crippen LogP contribution in [0.2, 0.25) is 0 Å². The van der Waals surface area contributed by atoms with E-state index in [9.17, 15) is 9.18 Å². The Kier molecular flexibility index (Phi) is 3.91. The highest BCUT2D eigenvalue weighted by molar-refractivity contribution is 5.95. The zero-order chi connectivity index (χ0) is 14.5. The molecule has 6 heteroatoms. The number of amides is 1. The Bertz CT molecular complexity index is 713. The summed E-state index contributed by atoms with van der Waals surface area (Å²) in [6.45, 7) is 1.78. The fourth-order valence-corrected chi connectivity index (χ4v) is 1.51. The van der Waals surface area contributed by atoms with Crippen LogP contribution in [-0.4, -0.2) is 12.1 Å². The molecule has 0 aliphatic heterocycles. The normalized spacial score (nSPS) is 10.4. The average molecular weight is 271 g/mol. The predicted molar refractivity (Wildman–Crippen MR) is 69.6 cm³/mol. The van der Waals surface area contributed by atoms with Crippen molar-refractivity contribution in [1.29, 1.82) is 5.26 Å². The van der Waals surface area contributed by atoms with Gasteiger partial charge in [-0.3, -0.25) is 4.79 Å². The first-order valence-corrected chi connectivity index (χ1v) is 5.69.